The van der Waals surface area contributed by atoms with Crippen molar-refractivity contribution >= 4 is 28.9 Å². The highest BCUT2D eigenvalue weighted by Crippen LogP contribution is 2.36. The highest BCUT2D eigenvalue weighted by molar-refractivity contribution is 7.07. The van der Waals surface area contributed by atoms with Crippen LogP contribution in [0.5, 0.6) is 11.5 Å². The van der Waals surface area contributed by atoms with Gasteiger partial charge in [0.1, 0.15) is 24.2 Å². The number of carboxylic acids is 1. The van der Waals surface area contributed by atoms with Crippen LogP contribution in [0.15, 0.2) is 59.3 Å². The summed E-state index contributed by atoms with van der Waals surface area (Å²) in [4.78, 5) is 12.0. The van der Waals surface area contributed by atoms with Crippen molar-refractivity contribution in [1.82, 2.24) is 0 Å². The van der Waals surface area contributed by atoms with Crippen LogP contribution in [0.3, 0.4) is 0 Å². The fourth-order valence-electron chi connectivity index (χ4n) is 2.59. The van der Waals surface area contributed by atoms with Gasteiger partial charge in [-0.05, 0) is 47.5 Å². The second kappa shape index (κ2) is 8.34. The van der Waals surface area contributed by atoms with Gasteiger partial charge in [0.2, 0.25) is 5.60 Å². The lowest BCUT2D eigenvalue weighted by Gasteiger charge is -2.28. The Morgan fingerprint density at radius 1 is 1.29 bits per heavy atom. The predicted octanol–water partition coefficient (Wildman–Crippen LogP) is 5.23. The summed E-state index contributed by atoms with van der Waals surface area (Å²) in [6.45, 7) is 1.76. The van der Waals surface area contributed by atoms with Crippen LogP contribution in [0.1, 0.15) is 23.6 Å². The number of thiophene rings is 1. The number of benzene rings is 2. The Kier molecular flexibility index (Phi) is 5.88. The largest absolute Gasteiger partial charge is 0.489 e. The summed E-state index contributed by atoms with van der Waals surface area (Å²) in [5.74, 6) is -0.656. The zero-order valence-electron chi connectivity index (χ0n) is 14.9. The average molecular weight is 414 g/mol. The van der Waals surface area contributed by atoms with Crippen molar-refractivity contribution in [1.29, 1.82) is 5.26 Å². The van der Waals surface area contributed by atoms with Gasteiger partial charge >= 0.3 is 5.97 Å². The van der Waals surface area contributed by atoms with E-state index in [0.717, 1.165) is 5.56 Å². The predicted molar refractivity (Wildman–Crippen MR) is 107 cm³/mol. The summed E-state index contributed by atoms with van der Waals surface area (Å²) in [5, 5.41) is 23.4. The first kappa shape index (κ1) is 19.7. The minimum atomic E-state index is -1.78. The molecule has 3 rings (SSSR count). The third kappa shape index (κ3) is 4.11. The standard InChI is InChI=1S/C21H16ClNO4S/c1-21(20(24)25,17-4-2-3-5-18(17)22)27-19-10-16(7-6-15(19)11-23)26-12-14-8-9-28-13-14/h2-10,13H,12H2,1H3,(H,24,25). The molecule has 5 nitrogen and oxygen atoms in total. The molecule has 0 fully saturated rings. The summed E-state index contributed by atoms with van der Waals surface area (Å²) in [6, 6.07) is 15.2. The second-order valence-corrected chi connectivity index (χ2v) is 7.30. The molecule has 0 amide bonds. The summed E-state index contributed by atoms with van der Waals surface area (Å²) < 4.78 is 11.6. The molecule has 142 valence electrons. The second-order valence-electron chi connectivity index (χ2n) is 6.11. The average Bonchev–Trinajstić information content (AvgIpc) is 3.20. The van der Waals surface area contributed by atoms with E-state index in [9.17, 15) is 15.2 Å². The number of rotatable bonds is 7. The lowest BCUT2D eigenvalue weighted by molar-refractivity contribution is -0.154. The topological polar surface area (TPSA) is 79.5 Å². The van der Waals surface area contributed by atoms with Crippen LogP contribution in [0.2, 0.25) is 5.02 Å². The quantitative estimate of drug-likeness (QED) is 0.573. The molecule has 0 spiro atoms. The van der Waals surface area contributed by atoms with Crippen LogP contribution in [0.25, 0.3) is 0 Å². The Morgan fingerprint density at radius 2 is 2.07 bits per heavy atom. The molecule has 28 heavy (non-hydrogen) atoms. The first-order valence-electron chi connectivity index (χ1n) is 8.29. The Hall–Kier alpha value is -3.01. The summed E-state index contributed by atoms with van der Waals surface area (Å²) in [7, 11) is 0. The van der Waals surface area contributed by atoms with Gasteiger partial charge in [-0.1, -0.05) is 29.8 Å². The number of hydrogen-bond donors (Lipinski definition) is 1. The number of hydrogen-bond acceptors (Lipinski definition) is 5. The molecule has 0 saturated carbocycles. The molecule has 0 saturated heterocycles. The van der Waals surface area contributed by atoms with Gasteiger partial charge in [0, 0.05) is 16.7 Å². The van der Waals surface area contributed by atoms with Gasteiger partial charge in [-0.3, -0.25) is 0 Å². The van der Waals surface area contributed by atoms with Gasteiger partial charge in [0.25, 0.3) is 0 Å². The number of nitriles is 1. The maximum Gasteiger partial charge on any atom is 0.352 e. The molecule has 1 N–H and O–H groups in total. The van der Waals surface area contributed by atoms with Crippen LogP contribution in [-0.4, -0.2) is 11.1 Å². The molecule has 7 heteroatoms. The van der Waals surface area contributed by atoms with E-state index in [2.05, 4.69) is 0 Å². The van der Waals surface area contributed by atoms with Gasteiger partial charge in [0.05, 0.1) is 5.56 Å². The number of ether oxygens (including phenoxy) is 2. The molecule has 1 aromatic heterocycles. The van der Waals surface area contributed by atoms with Crippen molar-refractivity contribution in [2.45, 2.75) is 19.1 Å². The van der Waals surface area contributed by atoms with E-state index < -0.39 is 11.6 Å². The van der Waals surface area contributed by atoms with Crippen LogP contribution in [0.4, 0.5) is 0 Å². The summed E-state index contributed by atoms with van der Waals surface area (Å²) >= 11 is 7.77. The van der Waals surface area contributed by atoms with Crippen molar-refractivity contribution in [2.24, 2.45) is 0 Å². The molecule has 0 radical (unpaired) electrons. The van der Waals surface area contributed by atoms with E-state index in [4.69, 9.17) is 21.1 Å². The van der Waals surface area contributed by atoms with Crippen molar-refractivity contribution in [3.63, 3.8) is 0 Å². The normalized spacial score (nSPS) is 12.6. The van der Waals surface area contributed by atoms with E-state index in [1.807, 2.05) is 22.9 Å². The Morgan fingerprint density at radius 3 is 2.71 bits per heavy atom. The molecule has 1 heterocycles. The third-order valence-electron chi connectivity index (χ3n) is 4.17. The smallest absolute Gasteiger partial charge is 0.352 e. The number of carbonyl (C=O) groups is 1. The van der Waals surface area contributed by atoms with Gasteiger partial charge in [-0.25, -0.2) is 4.79 Å². The highest BCUT2D eigenvalue weighted by atomic mass is 35.5. The van der Waals surface area contributed by atoms with Crippen molar-refractivity contribution in [3.05, 3.63) is 81.0 Å². The lowest BCUT2D eigenvalue weighted by atomic mass is 9.95. The van der Waals surface area contributed by atoms with E-state index in [1.165, 1.54) is 19.1 Å². The monoisotopic (exact) mass is 413 g/mol. The molecule has 1 atom stereocenters. The Balaban J connectivity index is 1.94. The molecule has 3 aromatic rings. The maximum atomic E-state index is 12.0. The Bertz CT molecular complexity index is 1030. The molecule has 0 aliphatic heterocycles. The van der Waals surface area contributed by atoms with E-state index in [0.29, 0.717) is 12.4 Å². The van der Waals surface area contributed by atoms with Crippen LogP contribution < -0.4 is 9.47 Å². The maximum absolute atomic E-state index is 12.0. The van der Waals surface area contributed by atoms with E-state index in [-0.39, 0.29) is 21.9 Å². The zero-order chi connectivity index (χ0) is 20.1. The lowest BCUT2D eigenvalue weighted by Crippen LogP contribution is -2.39. The zero-order valence-corrected chi connectivity index (χ0v) is 16.5. The first-order chi connectivity index (χ1) is 13.4. The van der Waals surface area contributed by atoms with Crippen molar-refractivity contribution < 1.29 is 19.4 Å². The summed E-state index contributed by atoms with van der Waals surface area (Å²) in [5.41, 5.74) is -0.279. The molecule has 0 bridgehead atoms. The van der Waals surface area contributed by atoms with Crippen LogP contribution in [0, 0.1) is 11.3 Å². The fraction of sp³-hybridized carbons (Fsp3) is 0.143. The SMILES string of the molecule is CC(Oc1cc(OCc2ccsc2)ccc1C#N)(C(=O)O)c1ccccc1Cl. The minimum Gasteiger partial charge on any atom is -0.489 e. The highest BCUT2D eigenvalue weighted by Gasteiger charge is 2.40. The molecule has 0 aliphatic rings. The van der Waals surface area contributed by atoms with Crippen LogP contribution in [-0.2, 0) is 17.0 Å². The molecule has 1 unspecified atom stereocenters. The van der Waals surface area contributed by atoms with E-state index >= 15 is 0 Å². The number of nitrogens with zero attached hydrogens (tertiary/aromatic N) is 1. The van der Waals surface area contributed by atoms with Crippen molar-refractivity contribution in [2.75, 3.05) is 0 Å². The third-order valence-corrected chi connectivity index (χ3v) is 5.23. The fourth-order valence-corrected chi connectivity index (χ4v) is 3.56. The molecule has 2 aromatic carbocycles. The molecular weight excluding hydrogens is 398 g/mol. The van der Waals surface area contributed by atoms with Gasteiger partial charge < -0.3 is 14.6 Å². The van der Waals surface area contributed by atoms with Gasteiger partial charge in [-0.15, -0.1) is 0 Å². The number of aliphatic carboxylic acids is 1. The minimum absolute atomic E-state index is 0.107. The van der Waals surface area contributed by atoms with Gasteiger partial charge in [-0.2, -0.15) is 16.6 Å². The number of halogens is 1. The Labute approximate surface area is 171 Å². The molecule has 0 aliphatic carbocycles. The van der Waals surface area contributed by atoms with Crippen LogP contribution >= 0.6 is 22.9 Å². The molecular formula is C21H16ClNO4S. The van der Waals surface area contributed by atoms with E-state index in [1.54, 1.807) is 41.7 Å². The van der Waals surface area contributed by atoms with Crippen molar-refractivity contribution in [3.8, 4) is 17.6 Å². The summed E-state index contributed by atoms with van der Waals surface area (Å²) in [6.07, 6.45) is 0. The van der Waals surface area contributed by atoms with Gasteiger partial charge in [0.15, 0.2) is 0 Å². The number of carboxylic acid groups (broad SMARTS) is 1. The first-order valence-corrected chi connectivity index (χ1v) is 9.61.